The first-order chi connectivity index (χ1) is 21.3. The van der Waals surface area contributed by atoms with Crippen molar-refractivity contribution in [2.75, 3.05) is 0 Å². The van der Waals surface area contributed by atoms with Crippen LogP contribution in [0.5, 0.6) is 0 Å². The highest BCUT2D eigenvalue weighted by atomic mass is 32.2. The first-order valence-corrected chi connectivity index (χ1v) is 15.3. The van der Waals surface area contributed by atoms with Crippen molar-refractivity contribution in [2.24, 2.45) is 0 Å². The number of benzene rings is 6. The monoisotopic (exact) mass is 566 g/mol. The maximum atomic E-state index is 5.44. The highest BCUT2D eigenvalue weighted by Crippen LogP contribution is 2.49. The third kappa shape index (κ3) is 3.12. The van der Waals surface area contributed by atoms with Crippen LogP contribution in [0.15, 0.2) is 143 Å². The van der Waals surface area contributed by atoms with E-state index in [0.29, 0.717) is 5.95 Å². The molecule has 0 aliphatic carbocycles. The van der Waals surface area contributed by atoms with Crippen molar-refractivity contribution in [3.8, 4) is 22.9 Å². The van der Waals surface area contributed by atoms with Gasteiger partial charge in [0.15, 0.2) is 0 Å². The van der Waals surface area contributed by atoms with Crippen LogP contribution in [0.2, 0.25) is 0 Å². The lowest BCUT2D eigenvalue weighted by atomic mass is 9.99. The quantitative estimate of drug-likeness (QED) is 0.209. The van der Waals surface area contributed by atoms with Gasteiger partial charge in [-0.1, -0.05) is 115 Å². The van der Waals surface area contributed by atoms with Crippen LogP contribution < -0.4 is 0 Å². The zero-order valence-corrected chi connectivity index (χ0v) is 23.7. The Balaban J connectivity index is 1.40. The number of hydrogen-bond acceptors (Lipinski definition) is 3. The van der Waals surface area contributed by atoms with E-state index >= 15 is 0 Å². The Morgan fingerprint density at radius 1 is 0.512 bits per heavy atom. The van der Waals surface area contributed by atoms with E-state index in [2.05, 4.69) is 143 Å². The van der Waals surface area contributed by atoms with Crippen LogP contribution in [0.3, 0.4) is 0 Å². The predicted octanol–water partition coefficient (Wildman–Crippen LogP) is 9.96. The number of rotatable bonds is 2. The van der Waals surface area contributed by atoms with Crippen LogP contribution in [0.25, 0.3) is 77.4 Å². The number of para-hydroxylation sites is 4. The van der Waals surface area contributed by atoms with E-state index in [-0.39, 0.29) is 0 Å². The second-order valence-electron chi connectivity index (χ2n) is 11.0. The fourth-order valence-electron chi connectivity index (χ4n) is 6.93. The Bertz CT molecular complexity index is 2600. The smallest absolute Gasteiger partial charge is 0.236 e. The van der Waals surface area contributed by atoms with Gasteiger partial charge in [-0.15, -0.1) is 0 Å². The lowest BCUT2D eigenvalue weighted by Crippen LogP contribution is -2.08. The molecule has 43 heavy (non-hydrogen) atoms. The van der Waals surface area contributed by atoms with Crippen LogP contribution in [-0.4, -0.2) is 19.1 Å². The molecule has 0 N–H and O–H groups in total. The van der Waals surface area contributed by atoms with Gasteiger partial charge in [0.05, 0.1) is 27.9 Å². The molecule has 0 amide bonds. The Labute approximate surface area is 250 Å². The summed E-state index contributed by atoms with van der Waals surface area (Å²) in [4.78, 5) is 13.2. The molecule has 0 bridgehead atoms. The normalized spacial score (nSPS) is 12.6. The molecule has 0 atom stereocenters. The van der Waals surface area contributed by atoms with Crippen molar-refractivity contribution in [1.82, 2.24) is 19.1 Å². The molecular weight excluding hydrogens is 545 g/mol. The molecule has 0 fully saturated rings. The van der Waals surface area contributed by atoms with Gasteiger partial charge in [0, 0.05) is 36.9 Å². The summed E-state index contributed by atoms with van der Waals surface area (Å²) in [6.45, 7) is 0. The predicted molar refractivity (Wildman–Crippen MR) is 178 cm³/mol. The highest BCUT2D eigenvalue weighted by molar-refractivity contribution is 7.99. The number of fused-ring (bicyclic) bond motifs is 9. The topological polar surface area (TPSA) is 35.6 Å². The van der Waals surface area contributed by atoms with Gasteiger partial charge >= 0.3 is 0 Å². The summed E-state index contributed by atoms with van der Waals surface area (Å²) in [5.41, 5.74) is 7.59. The second-order valence-corrected chi connectivity index (χ2v) is 12.1. The molecule has 1 aliphatic rings. The van der Waals surface area contributed by atoms with Gasteiger partial charge in [-0.05, 0) is 41.1 Å². The SMILES string of the molecule is c1ccc2c(c1)Sc1cccc3c4c5ccccc5n(-c5nc(-c6cccc7ccccc67)c6ccccc6n5)c4n-2c13. The zero-order chi connectivity index (χ0) is 28.1. The average Bonchev–Trinajstić information content (AvgIpc) is 3.58. The number of hydrogen-bond donors (Lipinski definition) is 0. The van der Waals surface area contributed by atoms with E-state index < -0.39 is 0 Å². The Morgan fingerprint density at radius 2 is 1.21 bits per heavy atom. The molecule has 0 radical (unpaired) electrons. The molecule has 3 aromatic heterocycles. The number of nitrogens with zero attached hydrogens (tertiary/aromatic N) is 4. The van der Waals surface area contributed by atoms with Crippen LogP contribution in [-0.2, 0) is 0 Å². The Hall–Kier alpha value is -5.39. The minimum atomic E-state index is 0.671. The van der Waals surface area contributed by atoms with Gasteiger partial charge in [-0.25, -0.2) is 9.97 Å². The van der Waals surface area contributed by atoms with Crippen LogP contribution in [0, 0.1) is 0 Å². The van der Waals surface area contributed by atoms with E-state index in [1.54, 1.807) is 0 Å². The molecule has 1 aliphatic heterocycles. The van der Waals surface area contributed by atoms with Crippen molar-refractivity contribution in [3.63, 3.8) is 0 Å². The van der Waals surface area contributed by atoms with E-state index in [0.717, 1.165) is 33.3 Å². The minimum Gasteiger partial charge on any atom is -0.293 e. The largest absolute Gasteiger partial charge is 0.293 e. The zero-order valence-electron chi connectivity index (χ0n) is 22.9. The lowest BCUT2D eigenvalue weighted by molar-refractivity contribution is 0.964. The van der Waals surface area contributed by atoms with E-state index in [1.165, 1.54) is 47.9 Å². The summed E-state index contributed by atoms with van der Waals surface area (Å²) >= 11 is 1.84. The third-order valence-electron chi connectivity index (χ3n) is 8.72. The first-order valence-electron chi connectivity index (χ1n) is 14.4. The van der Waals surface area contributed by atoms with Crippen LogP contribution in [0.1, 0.15) is 0 Å². The fourth-order valence-corrected chi connectivity index (χ4v) is 8.02. The molecule has 9 aromatic rings. The van der Waals surface area contributed by atoms with Crippen molar-refractivity contribution in [3.05, 3.63) is 133 Å². The van der Waals surface area contributed by atoms with Gasteiger partial charge in [0.2, 0.25) is 5.95 Å². The molecule has 0 spiro atoms. The Kier molecular flexibility index (Phi) is 4.62. The molecule has 10 rings (SSSR count). The Morgan fingerprint density at radius 3 is 2.16 bits per heavy atom. The maximum Gasteiger partial charge on any atom is 0.236 e. The van der Waals surface area contributed by atoms with Gasteiger partial charge < -0.3 is 0 Å². The van der Waals surface area contributed by atoms with Crippen molar-refractivity contribution in [1.29, 1.82) is 0 Å². The van der Waals surface area contributed by atoms with Crippen molar-refractivity contribution >= 4 is 66.3 Å². The third-order valence-corrected chi connectivity index (χ3v) is 9.83. The summed E-state index contributed by atoms with van der Waals surface area (Å²) in [7, 11) is 0. The van der Waals surface area contributed by atoms with Gasteiger partial charge in [0.1, 0.15) is 5.65 Å². The molecule has 4 heterocycles. The standard InChI is InChI=1S/C38H22N4S/c1-2-13-24-23(11-1)12-9-16-25(24)35-26-14-3-5-18-29(26)39-38(40-35)42-30-19-6-4-15-27(30)34-28-17-10-22-33-36(28)41(37(34)42)31-20-7-8-21-32(31)43-33/h1-22H. The summed E-state index contributed by atoms with van der Waals surface area (Å²) in [6, 6.07) is 47.4. The summed E-state index contributed by atoms with van der Waals surface area (Å²) in [6.07, 6.45) is 0. The van der Waals surface area contributed by atoms with E-state index in [4.69, 9.17) is 9.97 Å². The fraction of sp³-hybridized carbons (Fsp3) is 0. The molecule has 6 aromatic carbocycles. The number of aromatic nitrogens is 4. The van der Waals surface area contributed by atoms with Crippen LogP contribution >= 0.6 is 11.8 Å². The maximum absolute atomic E-state index is 5.44. The lowest BCUT2D eigenvalue weighted by Gasteiger charge is -2.20. The summed E-state index contributed by atoms with van der Waals surface area (Å²) < 4.78 is 4.71. The molecule has 4 nitrogen and oxygen atoms in total. The van der Waals surface area contributed by atoms with Gasteiger partial charge in [0.25, 0.3) is 0 Å². The molecule has 0 saturated heterocycles. The molecule has 0 unspecified atom stereocenters. The van der Waals surface area contributed by atoms with Crippen molar-refractivity contribution in [2.45, 2.75) is 9.79 Å². The summed E-state index contributed by atoms with van der Waals surface area (Å²) in [5.74, 6) is 0.671. The van der Waals surface area contributed by atoms with E-state index in [1.807, 2.05) is 11.8 Å². The van der Waals surface area contributed by atoms with Crippen LogP contribution in [0.4, 0.5) is 0 Å². The highest BCUT2D eigenvalue weighted by Gasteiger charge is 2.28. The first kappa shape index (κ1) is 23.2. The van der Waals surface area contributed by atoms with E-state index in [9.17, 15) is 0 Å². The minimum absolute atomic E-state index is 0.671. The molecule has 200 valence electrons. The van der Waals surface area contributed by atoms with Gasteiger partial charge in [-0.3, -0.25) is 9.13 Å². The molecular formula is C38H22N4S. The second kappa shape index (κ2) is 8.57. The molecule has 0 saturated carbocycles. The van der Waals surface area contributed by atoms with Gasteiger partial charge in [-0.2, -0.15) is 0 Å². The molecule has 5 heteroatoms. The average molecular weight is 567 g/mol. The van der Waals surface area contributed by atoms with Crippen molar-refractivity contribution < 1.29 is 0 Å². The summed E-state index contributed by atoms with van der Waals surface area (Å²) in [5, 5.41) is 7.10.